The maximum Gasteiger partial charge on any atom is 0.0467 e. The minimum Gasteiger partial charge on any atom is -0.310 e. The molecule has 11 aromatic carbocycles. The van der Waals surface area contributed by atoms with Crippen LogP contribution in [0.5, 0.6) is 0 Å². The van der Waals surface area contributed by atoms with Crippen molar-refractivity contribution in [3.8, 4) is 33.4 Å². The van der Waals surface area contributed by atoms with Crippen LogP contribution in [0.1, 0.15) is 0 Å². The van der Waals surface area contributed by atoms with Crippen molar-refractivity contribution in [2.24, 2.45) is 0 Å². The van der Waals surface area contributed by atoms with Crippen LogP contribution in [0.2, 0.25) is 0 Å². The molecule has 0 unspecified atom stereocenters. The van der Waals surface area contributed by atoms with Crippen LogP contribution in [0.3, 0.4) is 0 Å². The number of anilines is 3. The zero-order valence-corrected chi connectivity index (χ0v) is 31.3. The first-order valence-electron chi connectivity index (χ1n) is 19.7. The molecule has 0 atom stereocenters. The summed E-state index contributed by atoms with van der Waals surface area (Å²) in [6, 6.07) is 82.1. The summed E-state index contributed by atoms with van der Waals surface area (Å²) in [6.07, 6.45) is 0. The third kappa shape index (κ3) is 5.80. The lowest BCUT2D eigenvalue weighted by Crippen LogP contribution is -2.10. The molecule has 0 fully saturated rings. The van der Waals surface area contributed by atoms with E-state index in [2.05, 4.69) is 229 Å². The molecule has 0 radical (unpaired) electrons. The van der Waals surface area contributed by atoms with Crippen molar-refractivity contribution < 1.29 is 0 Å². The first-order valence-corrected chi connectivity index (χ1v) is 19.7. The number of fused-ring (bicyclic) bond motifs is 7. The molecular formula is C56H37N. The minimum absolute atomic E-state index is 1.10. The van der Waals surface area contributed by atoms with E-state index in [-0.39, 0.29) is 0 Å². The van der Waals surface area contributed by atoms with E-state index < -0.39 is 0 Å². The standard InChI is InChI=1S/C56H37N/c1-2-13-41-34-42(25-24-38(41)12-1)39-26-30-46(31-27-39)57(47-32-28-40(29-33-47)55-36-44-14-3-5-18-49(44)51-20-7-9-22-53(51)55)48-17-11-16-43(35-48)56-37-45-15-4-6-19-50(45)52-21-8-10-23-54(52)56/h1-37H. The third-order valence-corrected chi connectivity index (χ3v) is 11.6. The normalized spacial score (nSPS) is 11.5. The second-order valence-electron chi connectivity index (χ2n) is 14.9. The van der Waals surface area contributed by atoms with Gasteiger partial charge >= 0.3 is 0 Å². The SMILES string of the molecule is c1cc(-c2cc3ccccc3c3ccccc23)cc(N(c2ccc(-c3ccc4ccccc4c3)cc2)c2ccc(-c3cc4ccccc4c4ccccc34)cc2)c1. The summed E-state index contributed by atoms with van der Waals surface area (Å²) < 4.78 is 0. The van der Waals surface area contributed by atoms with E-state index in [4.69, 9.17) is 0 Å². The molecule has 11 rings (SSSR count). The zero-order chi connectivity index (χ0) is 37.7. The third-order valence-electron chi connectivity index (χ3n) is 11.6. The Morgan fingerprint density at radius 2 is 0.667 bits per heavy atom. The highest BCUT2D eigenvalue weighted by atomic mass is 15.1. The number of hydrogen-bond donors (Lipinski definition) is 0. The van der Waals surface area contributed by atoms with Crippen molar-refractivity contribution in [2.75, 3.05) is 4.90 Å². The van der Waals surface area contributed by atoms with Crippen LogP contribution in [0, 0.1) is 0 Å². The Hall–Kier alpha value is -7.48. The maximum absolute atomic E-state index is 2.39. The lowest BCUT2D eigenvalue weighted by Gasteiger charge is -2.27. The first kappa shape index (κ1) is 32.9. The van der Waals surface area contributed by atoms with Crippen LogP contribution in [0.4, 0.5) is 17.1 Å². The minimum atomic E-state index is 1.10. The number of benzene rings is 11. The Balaban J connectivity index is 1.05. The van der Waals surface area contributed by atoms with Crippen LogP contribution in [-0.4, -0.2) is 0 Å². The van der Waals surface area contributed by atoms with Crippen molar-refractivity contribution in [3.63, 3.8) is 0 Å². The lowest BCUT2D eigenvalue weighted by molar-refractivity contribution is 1.28. The van der Waals surface area contributed by atoms with E-state index in [0.717, 1.165) is 17.1 Å². The molecule has 0 spiro atoms. The Morgan fingerprint density at radius 1 is 0.211 bits per heavy atom. The van der Waals surface area contributed by atoms with Crippen molar-refractivity contribution >= 4 is 70.9 Å². The van der Waals surface area contributed by atoms with Gasteiger partial charge in [0.1, 0.15) is 0 Å². The zero-order valence-electron chi connectivity index (χ0n) is 31.3. The Bertz CT molecular complexity index is 3280. The molecule has 0 saturated carbocycles. The monoisotopic (exact) mass is 723 g/mol. The second-order valence-corrected chi connectivity index (χ2v) is 14.9. The highest BCUT2D eigenvalue weighted by Gasteiger charge is 2.17. The summed E-state index contributed by atoms with van der Waals surface area (Å²) in [5.74, 6) is 0. The smallest absolute Gasteiger partial charge is 0.0467 e. The van der Waals surface area contributed by atoms with Crippen molar-refractivity contribution in [3.05, 3.63) is 224 Å². The molecule has 0 aliphatic heterocycles. The molecule has 0 aliphatic carbocycles. The van der Waals surface area contributed by atoms with E-state index in [1.165, 1.54) is 87.2 Å². The van der Waals surface area contributed by atoms with Gasteiger partial charge in [0.2, 0.25) is 0 Å². The average molecular weight is 724 g/mol. The first-order chi connectivity index (χ1) is 28.2. The van der Waals surface area contributed by atoms with Gasteiger partial charge in [-0.3, -0.25) is 0 Å². The maximum atomic E-state index is 2.39. The molecule has 0 heterocycles. The predicted octanol–water partition coefficient (Wildman–Crippen LogP) is 15.9. The van der Waals surface area contributed by atoms with E-state index in [0.29, 0.717) is 0 Å². The van der Waals surface area contributed by atoms with Crippen molar-refractivity contribution in [2.45, 2.75) is 0 Å². The summed E-state index contributed by atoms with van der Waals surface area (Å²) in [7, 11) is 0. The van der Waals surface area contributed by atoms with Gasteiger partial charge in [-0.05, 0) is 142 Å². The molecule has 266 valence electrons. The molecule has 57 heavy (non-hydrogen) atoms. The molecule has 0 aliphatic rings. The van der Waals surface area contributed by atoms with Crippen molar-refractivity contribution in [1.29, 1.82) is 0 Å². The van der Waals surface area contributed by atoms with Crippen LogP contribution in [0.25, 0.3) is 87.2 Å². The highest BCUT2D eigenvalue weighted by molar-refractivity contribution is 6.15. The van der Waals surface area contributed by atoms with Gasteiger partial charge in [0.25, 0.3) is 0 Å². The van der Waals surface area contributed by atoms with Crippen LogP contribution < -0.4 is 4.90 Å². The Morgan fingerprint density at radius 3 is 1.26 bits per heavy atom. The lowest BCUT2D eigenvalue weighted by atomic mass is 9.93. The van der Waals surface area contributed by atoms with Crippen LogP contribution in [-0.2, 0) is 0 Å². The molecule has 1 nitrogen and oxygen atoms in total. The van der Waals surface area contributed by atoms with Crippen LogP contribution >= 0.6 is 0 Å². The topological polar surface area (TPSA) is 3.24 Å². The largest absolute Gasteiger partial charge is 0.310 e. The average Bonchev–Trinajstić information content (AvgIpc) is 3.29. The predicted molar refractivity (Wildman–Crippen MR) is 245 cm³/mol. The fourth-order valence-electron chi connectivity index (χ4n) is 8.81. The molecule has 1 heteroatoms. The van der Waals surface area contributed by atoms with E-state index in [1.54, 1.807) is 0 Å². The summed E-state index contributed by atoms with van der Waals surface area (Å²) in [5.41, 5.74) is 10.6. The van der Waals surface area contributed by atoms with Gasteiger partial charge < -0.3 is 4.90 Å². The quantitative estimate of drug-likeness (QED) is 0.154. The molecule has 0 bridgehead atoms. The van der Waals surface area contributed by atoms with E-state index >= 15 is 0 Å². The van der Waals surface area contributed by atoms with Gasteiger partial charge in [-0.15, -0.1) is 0 Å². The molecular weight excluding hydrogens is 687 g/mol. The number of hydrogen-bond acceptors (Lipinski definition) is 1. The van der Waals surface area contributed by atoms with Gasteiger partial charge in [0, 0.05) is 17.1 Å². The second kappa shape index (κ2) is 13.7. The molecule has 0 N–H and O–H groups in total. The molecule has 0 saturated heterocycles. The number of rotatable bonds is 6. The van der Waals surface area contributed by atoms with Crippen LogP contribution in [0.15, 0.2) is 224 Å². The van der Waals surface area contributed by atoms with Gasteiger partial charge in [-0.2, -0.15) is 0 Å². The molecule has 11 aromatic rings. The van der Waals surface area contributed by atoms with Gasteiger partial charge in [0.15, 0.2) is 0 Å². The summed E-state index contributed by atoms with van der Waals surface area (Å²) in [5, 5.41) is 12.6. The summed E-state index contributed by atoms with van der Waals surface area (Å²) in [6.45, 7) is 0. The summed E-state index contributed by atoms with van der Waals surface area (Å²) >= 11 is 0. The Labute approximate surface area is 332 Å². The van der Waals surface area contributed by atoms with Crippen molar-refractivity contribution in [1.82, 2.24) is 0 Å². The van der Waals surface area contributed by atoms with Gasteiger partial charge in [0.05, 0.1) is 0 Å². The molecule has 0 aromatic heterocycles. The number of nitrogens with zero attached hydrogens (tertiary/aromatic N) is 1. The van der Waals surface area contributed by atoms with E-state index in [9.17, 15) is 0 Å². The van der Waals surface area contributed by atoms with Gasteiger partial charge in [-0.1, -0.05) is 170 Å². The summed E-state index contributed by atoms with van der Waals surface area (Å²) in [4.78, 5) is 2.39. The van der Waals surface area contributed by atoms with Gasteiger partial charge in [-0.25, -0.2) is 0 Å². The fraction of sp³-hybridized carbons (Fsp3) is 0. The Kier molecular flexibility index (Phi) is 7.89. The molecule has 0 amide bonds. The fourth-order valence-corrected chi connectivity index (χ4v) is 8.81. The van der Waals surface area contributed by atoms with E-state index in [1.807, 2.05) is 0 Å². The highest BCUT2D eigenvalue weighted by Crippen LogP contribution is 2.42.